The molecule has 0 bridgehead atoms. The SMILES string of the molecule is O=C1NCC(c2ccccc2O)C12CCC2. The van der Waals surface area contributed by atoms with Gasteiger partial charge in [-0.2, -0.15) is 0 Å². The summed E-state index contributed by atoms with van der Waals surface area (Å²) in [5.41, 5.74) is 0.694. The zero-order valence-electron chi connectivity index (χ0n) is 9.07. The van der Waals surface area contributed by atoms with Gasteiger partial charge in [-0.15, -0.1) is 0 Å². The minimum Gasteiger partial charge on any atom is -0.508 e. The number of nitrogens with one attached hydrogen (secondary N) is 1. The van der Waals surface area contributed by atoms with Gasteiger partial charge in [0.25, 0.3) is 0 Å². The summed E-state index contributed by atoms with van der Waals surface area (Å²) in [5.74, 6) is 0.636. The Balaban J connectivity index is 2.02. The second-order valence-corrected chi connectivity index (χ2v) is 4.83. The summed E-state index contributed by atoms with van der Waals surface area (Å²) in [6, 6.07) is 7.37. The number of benzene rings is 1. The van der Waals surface area contributed by atoms with Crippen LogP contribution in [-0.2, 0) is 4.79 Å². The minimum atomic E-state index is -0.223. The minimum absolute atomic E-state index is 0.148. The van der Waals surface area contributed by atoms with Crippen LogP contribution in [0.4, 0.5) is 0 Å². The molecule has 1 unspecified atom stereocenters. The molecule has 84 valence electrons. The van der Waals surface area contributed by atoms with Crippen molar-refractivity contribution in [1.29, 1.82) is 0 Å². The van der Waals surface area contributed by atoms with Gasteiger partial charge in [0.2, 0.25) is 5.91 Å². The maximum absolute atomic E-state index is 11.9. The smallest absolute Gasteiger partial charge is 0.226 e. The number of carbonyl (C=O) groups excluding carboxylic acids is 1. The molecule has 0 radical (unpaired) electrons. The Labute approximate surface area is 94.5 Å². The second kappa shape index (κ2) is 3.24. The highest BCUT2D eigenvalue weighted by atomic mass is 16.3. The lowest BCUT2D eigenvalue weighted by Gasteiger charge is -2.40. The molecule has 1 aromatic carbocycles. The fourth-order valence-electron chi connectivity index (χ4n) is 3.05. The van der Waals surface area contributed by atoms with E-state index in [4.69, 9.17) is 0 Å². The predicted molar refractivity (Wildman–Crippen MR) is 60.1 cm³/mol. The normalized spacial score (nSPS) is 26.5. The van der Waals surface area contributed by atoms with E-state index in [-0.39, 0.29) is 17.2 Å². The molecule has 0 aromatic heterocycles. The topological polar surface area (TPSA) is 49.3 Å². The molecular formula is C13H15NO2. The van der Waals surface area contributed by atoms with E-state index < -0.39 is 0 Å². The second-order valence-electron chi connectivity index (χ2n) is 4.83. The summed E-state index contributed by atoms with van der Waals surface area (Å²) in [4.78, 5) is 11.9. The van der Waals surface area contributed by atoms with Crippen molar-refractivity contribution >= 4 is 5.91 Å². The van der Waals surface area contributed by atoms with Crippen LogP contribution in [0.2, 0.25) is 0 Å². The molecule has 2 aliphatic rings. The molecule has 1 saturated carbocycles. The monoisotopic (exact) mass is 217 g/mol. The number of amides is 1. The van der Waals surface area contributed by atoms with Crippen molar-refractivity contribution in [1.82, 2.24) is 5.32 Å². The largest absolute Gasteiger partial charge is 0.508 e. The van der Waals surface area contributed by atoms with Gasteiger partial charge in [-0.3, -0.25) is 4.79 Å². The maximum Gasteiger partial charge on any atom is 0.226 e. The van der Waals surface area contributed by atoms with Crippen molar-refractivity contribution in [3.8, 4) is 5.75 Å². The first-order valence-corrected chi connectivity index (χ1v) is 5.80. The zero-order valence-corrected chi connectivity index (χ0v) is 9.07. The molecule has 1 saturated heterocycles. The Morgan fingerprint density at radius 3 is 2.69 bits per heavy atom. The van der Waals surface area contributed by atoms with Crippen molar-refractivity contribution in [2.24, 2.45) is 5.41 Å². The Morgan fingerprint density at radius 2 is 2.06 bits per heavy atom. The quantitative estimate of drug-likeness (QED) is 0.753. The van der Waals surface area contributed by atoms with E-state index in [9.17, 15) is 9.90 Å². The molecule has 2 fully saturated rings. The van der Waals surface area contributed by atoms with E-state index >= 15 is 0 Å². The van der Waals surface area contributed by atoms with Crippen molar-refractivity contribution in [2.45, 2.75) is 25.2 Å². The fourth-order valence-corrected chi connectivity index (χ4v) is 3.05. The van der Waals surface area contributed by atoms with Crippen LogP contribution >= 0.6 is 0 Å². The lowest BCUT2D eigenvalue weighted by Crippen LogP contribution is -2.40. The number of hydrogen-bond acceptors (Lipinski definition) is 2. The van der Waals surface area contributed by atoms with Crippen LogP contribution in [0, 0.1) is 5.41 Å². The fraction of sp³-hybridized carbons (Fsp3) is 0.462. The van der Waals surface area contributed by atoms with Gasteiger partial charge in [-0.05, 0) is 24.5 Å². The molecule has 1 spiro atoms. The van der Waals surface area contributed by atoms with Gasteiger partial charge < -0.3 is 10.4 Å². The van der Waals surface area contributed by atoms with Crippen LogP contribution in [0.5, 0.6) is 5.75 Å². The van der Waals surface area contributed by atoms with Crippen molar-refractivity contribution in [3.63, 3.8) is 0 Å². The zero-order chi connectivity index (χ0) is 11.2. The first kappa shape index (κ1) is 9.70. The van der Waals surface area contributed by atoms with Gasteiger partial charge in [0, 0.05) is 12.5 Å². The Kier molecular flexibility index (Phi) is 1.96. The van der Waals surface area contributed by atoms with Crippen molar-refractivity contribution in [2.75, 3.05) is 6.54 Å². The number of aromatic hydroxyl groups is 1. The number of phenols is 1. The third kappa shape index (κ3) is 1.11. The number of carbonyl (C=O) groups is 1. The summed E-state index contributed by atoms with van der Waals surface area (Å²) in [5, 5.41) is 12.8. The van der Waals surface area contributed by atoms with Crippen LogP contribution in [0.15, 0.2) is 24.3 Å². The summed E-state index contributed by atoms with van der Waals surface area (Å²) in [6.07, 6.45) is 3.03. The van der Waals surface area contributed by atoms with Crippen LogP contribution in [0.1, 0.15) is 30.7 Å². The highest BCUT2D eigenvalue weighted by molar-refractivity contribution is 5.87. The van der Waals surface area contributed by atoms with Crippen LogP contribution in [0.25, 0.3) is 0 Å². The third-order valence-electron chi connectivity index (χ3n) is 4.14. The van der Waals surface area contributed by atoms with Gasteiger partial charge in [0.05, 0.1) is 5.41 Å². The lowest BCUT2D eigenvalue weighted by atomic mass is 9.60. The Bertz CT molecular complexity index is 437. The molecule has 1 amide bonds. The molecule has 3 heteroatoms. The summed E-state index contributed by atoms with van der Waals surface area (Å²) < 4.78 is 0. The molecule has 16 heavy (non-hydrogen) atoms. The van der Waals surface area contributed by atoms with E-state index in [1.807, 2.05) is 18.2 Å². The Hall–Kier alpha value is -1.51. The maximum atomic E-state index is 11.9. The van der Waals surface area contributed by atoms with Gasteiger partial charge >= 0.3 is 0 Å². The van der Waals surface area contributed by atoms with Gasteiger partial charge in [-0.25, -0.2) is 0 Å². The van der Waals surface area contributed by atoms with Crippen LogP contribution < -0.4 is 5.32 Å². The first-order chi connectivity index (χ1) is 7.74. The predicted octanol–water partition coefficient (Wildman–Crippen LogP) is 1.78. The molecule has 1 aliphatic heterocycles. The average molecular weight is 217 g/mol. The number of hydrogen-bond donors (Lipinski definition) is 2. The summed E-state index contributed by atoms with van der Waals surface area (Å²) >= 11 is 0. The number of rotatable bonds is 1. The molecule has 2 N–H and O–H groups in total. The molecule has 3 nitrogen and oxygen atoms in total. The molecular weight excluding hydrogens is 202 g/mol. The lowest BCUT2D eigenvalue weighted by molar-refractivity contribution is -0.132. The molecule has 1 heterocycles. The summed E-state index contributed by atoms with van der Waals surface area (Å²) in [7, 11) is 0. The molecule has 1 aromatic rings. The first-order valence-electron chi connectivity index (χ1n) is 5.80. The standard InChI is InChI=1S/C13H15NO2/c15-11-5-2-1-4-9(11)10-8-14-12(16)13(10)6-3-7-13/h1-2,4-5,10,15H,3,6-8H2,(H,14,16). The van der Waals surface area contributed by atoms with Gasteiger partial charge in [0.1, 0.15) is 5.75 Å². The summed E-state index contributed by atoms with van der Waals surface area (Å²) in [6.45, 7) is 0.663. The van der Waals surface area contributed by atoms with Crippen molar-refractivity contribution < 1.29 is 9.90 Å². The average Bonchev–Trinajstić information content (AvgIpc) is 2.56. The number of phenolic OH excluding ortho intramolecular Hbond substituents is 1. The molecule has 1 atom stereocenters. The van der Waals surface area contributed by atoms with Crippen LogP contribution in [0.3, 0.4) is 0 Å². The van der Waals surface area contributed by atoms with Gasteiger partial charge in [0.15, 0.2) is 0 Å². The van der Waals surface area contributed by atoms with Crippen molar-refractivity contribution in [3.05, 3.63) is 29.8 Å². The van der Waals surface area contributed by atoms with E-state index in [2.05, 4.69) is 5.32 Å². The molecule has 3 rings (SSSR count). The van der Waals surface area contributed by atoms with E-state index in [1.54, 1.807) is 6.07 Å². The highest BCUT2D eigenvalue weighted by Gasteiger charge is 2.54. The van der Waals surface area contributed by atoms with E-state index in [0.29, 0.717) is 12.3 Å². The van der Waals surface area contributed by atoms with Gasteiger partial charge in [-0.1, -0.05) is 24.6 Å². The van der Waals surface area contributed by atoms with E-state index in [0.717, 1.165) is 24.8 Å². The number of para-hydroxylation sites is 1. The highest BCUT2D eigenvalue weighted by Crippen LogP contribution is 2.55. The Morgan fingerprint density at radius 1 is 1.31 bits per heavy atom. The molecule has 1 aliphatic carbocycles. The van der Waals surface area contributed by atoms with Crippen LogP contribution in [-0.4, -0.2) is 17.6 Å². The van der Waals surface area contributed by atoms with E-state index in [1.165, 1.54) is 0 Å². The third-order valence-corrected chi connectivity index (χ3v) is 4.14.